The molecule has 0 saturated carbocycles. The molecule has 0 radical (unpaired) electrons. The van der Waals surface area contributed by atoms with Gasteiger partial charge in [-0.1, -0.05) is 0 Å². The Morgan fingerprint density at radius 2 is 2.00 bits per heavy atom. The maximum absolute atomic E-state index is 13.6. The molecule has 5 nitrogen and oxygen atoms in total. The summed E-state index contributed by atoms with van der Waals surface area (Å²) in [7, 11) is 2.84. The number of likely N-dealkylation sites (N-methyl/N-ethyl adjacent to an activating group) is 2. The van der Waals surface area contributed by atoms with Crippen molar-refractivity contribution in [2.75, 3.05) is 19.8 Å². The van der Waals surface area contributed by atoms with E-state index in [1.807, 2.05) is 5.32 Å². The Morgan fingerprint density at radius 1 is 1.47 bits per heavy atom. The third-order valence-electron chi connectivity index (χ3n) is 1.86. The Labute approximate surface area is 93.6 Å². The average molecular weight is 237 g/mol. The first-order valence-corrected chi connectivity index (χ1v) is 5.03. The van der Waals surface area contributed by atoms with Crippen LogP contribution in [0, 0.1) is 0 Å². The molecule has 0 rings (SSSR count). The third kappa shape index (κ3) is 4.05. The average Bonchev–Trinajstić information content (AvgIpc) is 2.17. The van der Waals surface area contributed by atoms with Crippen molar-refractivity contribution in [2.45, 2.75) is 18.8 Å². The summed E-state index contributed by atoms with van der Waals surface area (Å²) in [5.74, 6) is -3.71. The van der Waals surface area contributed by atoms with Crippen LogP contribution in [-0.2, 0) is 9.59 Å². The lowest BCUT2D eigenvalue weighted by Crippen LogP contribution is -2.57. The number of hydrogen-bond acceptors (Lipinski definition) is 4. The van der Waals surface area contributed by atoms with E-state index in [1.165, 1.54) is 7.05 Å². The van der Waals surface area contributed by atoms with Gasteiger partial charge in [0.2, 0.25) is 5.91 Å². The van der Waals surface area contributed by atoms with Crippen molar-refractivity contribution < 1.29 is 14.0 Å². The predicted octanol–water partition coefficient (Wildman–Crippen LogP) is -0.948. The molecule has 0 aliphatic rings. The van der Waals surface area contributed by atoms with Crippen LogP contribution >= 0.6 is 12.6 Å². The van der Waals surface area contributed by atoms with Crippen molar-refractivity contribution in [2.24, 2.45) is 0 Å². The quantitative estimate of drug-likeness (QED) is 0.368. The molecule has 88 valence electrons. The molecule has 0 heterocycles. The van der Waals surface area contributed by atoms with Crippen LogP contribution in [0.5, 0.6) is 0 Å². The number of carbonyl (C=O) groups excluding carboxylic acids is 2. The topological polar surface area (TPSA) is 70.2 Å². The number of alkyl halides is 1. The Bertz CT molecular complexity index is 244. The van der Waals surface area contributed by atoms with Gasteiger partial charge in [-0.2, -0.15) is 12.6 Å². The fourth-order valence-electron chi connectivity index (χ4n) is 0.915. The van der Waals surface area contributed by atoms with Crippen LogP contribution in [0.3, 0.4) is 0 Å². The van der Waals surface area contributed by atoms with E-state index in [0.717, 1.165) is 6.92 Å². The zero-order valence-corrected chi connectivity index (χ0v) is 9.82. The highest BCUT2D eigenvalue weighted by atomic mass is 32.1. The fourth-order valence-corrected chi connectivity index (χ4v) is 1.26. The molecule has 0 spiro atoms. The van der Waals surface area contributed by atoms with Crippen LogP contribution in [0.4, 0.5) is 4.39 Å². The molecule has 0 aromatic rings. The number of nitrogens with one attached hydrogen (secondary N) is 3. The molecule has 0 unspecified atom stereocenters. The second kappa shape index (κ2) is 5.92. The zero-order chi connectivity index (χ0) is 12.1. The van der Waals surface area contributed by atoms with Crippen LogP contribution in [-0.4, -0.2) is 43.5 Å². The van der Waals surface area contributed by atoms with E-state index in [4.69, 9.17) is 0 Å². The lowest BCUT2D eigenvalue weighted by atomic mass is 10.2. The number of amides is 2. The highest BCUT2D eigenvalue weighted by Gasteiger charge is 2.35. The summed E-state index contributed by atoms with van der Waals surface area (Å²) in [6.07, 6.45) is 0. The van der Waals surface area contributed by atoms with Crippen LogP contribution in [0.25, 0.3) is 0 Å². The number of rotatable bonds is 5. The summed E-state index contributed by atoms with van der Waals surface area (Å²) in [4.78, 5) is 22.4. The number of halogens is 1. The van der Waals surface area contributed by atoms with Gasteiger partial charge in [0.05, 0.1) is 6.04 Å². The first-order valence-electron chi connectivity index (χ1n) is 4.40. The molecule has 7 heteroatoms. The van der Waals surface area contributed by atoms with Crippen LogP contribution in [0.2, 0.25) is 0 Å². The van der Waals surface area contributed by atoms with E-state index >= 15 is 0 Å². The molecular formula is C8H16FN3O2S. The second-order valence-corrected chi connectivity index (χ2v) is 3.46. The van der Waals surface area contributed by atoms with Gasteiger partial charge >= 0.3 is 0 Å². The van der Waals surface area contributed by atoms with Crippen LogP contribution in [0.1, 0.15) is 6.92 Å². The van der Waals surface area contributed by atoms with Gasteiger partial charge in [0.1, 0.15) is 0 Å². The molecule has 0 aromatic heterocycles. The Morgan fingerprint density at radius 3 is 2.33 bits per heavy atom. The van der Waals surface area contributed by atoms with Crippen molar-refractivity contribution in [3.8, 4) is 0 Å². The van der Waals surface area contributed by atoms with E-state index in [9.17, 15) is 14.0 Å². The van der Waals surface area contributed by atoms with Crippen LogP contribution in [0.15, 0.2) is 0 Å². The first kappa shape index (κ1) is 14.2. The smallest absolute Gasteiger partial charge is 0.278 e. The molecule has 0 aromatic carbocycles. The summed E-state index contributed by atoms with van der Waals surface area (Å²) >= 11 is 3.91. The van der Waals surface area contributed by atoms with Crippen molar-refractivity contribution >= 4 is 24.4 Å². The summed E-state index contributed by atoms with van der Waals surface area (Å²) in [6.45, 7) is 0.981. The van der Waals surface area contributed by atoms with Gasteiger partial charge in [-0.3, -0.25) is 9.59 Å². The normalized spacial score (nSPS) is 16.3. The lowest BCUT2D eigenvalue weighted by molar-refractivity contribution is -0.140. The Balaban J connectivity index is 4.45. The van der Waals surface area contributed by atoms with E-state index in [0.29, 0.717) is 0 Å². The Hall–Kier alpha value is -0.820. The van der Waals surface area contributed by atoms with Crippen molar-refractivity contribution in [1.82, 2.24) is 16.0 Å². The fraction of sp³-hybridized carbons (Fsp3) is 0.750. The molecule has 0 saturated heterocycles. The monoisotopic (exact) mass is 237 g/mol. The maximum atomic E-state index is 13.6. The minimum absolute atomic E-state index is 0.214. The minimum atomic E-state index is -2.41. The van der Waals surface area contributed by atoms with E-state index in [-0.39, 0.29) is 5.75 Å². The summed E-state index contributed by atoms with van der Waals surface area (Å²) < 4.78 is 13.6. The number of hydrogen-bond donors (Lipinski definition) is 4. The zero-order valence-electron chi connectivity index (χ0n) is 8.93. The van der Waals surface area contributed by atoms with Crippen molar-refractivity contribution in [3.63, 3.8) is 0 Å². The third-order valence-corrected chi connectivity index (χ3v) is 2.22. The van der Waals surface area contributed by atoms with Crippen molar-refractivity contribution in [1.29, 1.82) is 0 Å². The molecule has 0 aliphatic carbocycles. The predicted molar refractivity (Wildman–Crippen MR) is 58.4 cm³/mol. The second-order valence-electron chi connectivity index (χ2n) is 3.10. The SMILES string of the molecule is CNC(=O)[C@@](C)(F)NC(=O)[C@H](CS)NC. The number of carbonyl (C=O) groups is 2. The van der Waals surface area contributed by atoms with Gasteiger partial charge in [-0.15, -0.1) is 0 Å². The van der Waals surface area contributed by atoms with Gasteiger partial charge in [-0.25, -0.2) is 4.39 Å². The standard InChI is InChI=1S/C8H16FN3O2S/c1-8(9,7(14)11-3)12-6(13)5(4-15)10-2/h5,10,15H,4H2,1-3H3,(H,11,14)(H,12,13)/t5-,8-/m0/s1. The largest absolute Gasteiger partial charge is 0.355 e. The maximum Gasteiger partial charge on any atom is 0.278 e. The van der Waals surface area contributed by atoms with Gasteiger partial charge in [0.25, 0.3) is 11.7 Å². The summed E-state index contributed by atoms with van der Waals surface area (Å²) in [5.41, 5.74) is 0. The van der Waals surface area contributed by atoms with E-state index in [2.05, 4.69) is 23.3 Å². The molecule has 2 amide bonds. The first-order chi connectivity index (χ1) is 6.88. The van der Waals surface area contributed by atoms with Gasteiger partial charge in [0, 0.05) is 12.8 Å². The van der Waals surface area contributed by atoms with Crippen molar-refractivity contribution in [3.05, 3.63) is 0 Å². The number of thiol groups is 1. The molecule has 3 N–H and O–H groups in total. The molecule has 0 aliphatic heterocycles. The van der Waals surface area contributed by atoms with Gasteiger partial charge in [-0.05, 0) is 14.0 Å². The molecule has 0 fully saturated rings. The highest BCUT2D eigenvalue weighted by molar-refractivity contribution is 7.80. The highest BCUT2D eigenvalue weighted by Crippen LogP contribution is 2.05. The lowest BCUT2D eigenvalue weighted by Gasteiger charge is -2.22. The van der Waals surface area contributed by atoms with Gasteiger partial charge < -0.3 is 16.0 Å². The molecule has 2 atom stereocenters. The molecular weight excluding hydrogens is 221 g/mol. The summed E-state index contributed by atoms with van der Waals surface area (Å²) in [5, 5.41) is 6.74. The van der Waals surface area contributed by atoms with Crippen LogP contribution < -0.4 is 16.0 Å². The van der Waals surface area contributed by atoms with E-state index in [1.54, 1.807) is 7.05 Å². The van der Waals surface area contributed by atoms with Gasteiger partial charge in [0.15, 0.2) is 0 Å². The summed E-state index contributed by atoms with van der Waals surface area (Å²) in [6, 6.07) is -0.631. The molecule has 15 heavy (non-hydrogen) atoms. The minimum Gasteiger partial charge on any atom is -0.355 e. The molecule has 0 bridgehead atoms. The van der Waals surface area contributed by atoms with E-state index < -0.39 is 23.6 Å². The Kier molecular flexibility index (Phi) is 5.59.